The first-order valence-corrected chi connectivity index (χ1v) is 3.99. The summed E-state index contributed by atoms with van der Waals surface area (Å²) < 4.78 is 0. The number of hydrogen-bond donors (Lipinski definition) is 2. The van der Waals surface area contributed by atoms with Crippen molar-refractivity contribution in [1.82, 2.24) is 0 Å². The van der Waals surface area contributed by atoms with Gasteiger partial charge in [0.25, 0.3) is 0 Å². The minimum absolute atomic E-state index is 0.366. The van der Waals surface area contributed by atoms with E-state index < -0.39 is 8.15 Å². The topological polar surface area (TPSA) is 40.5 Å². The van der Waals surface area contributed by atoms with Crippen LogP contribution in [0.5, 0.6) is 0 Å². The van der Waals surface area contributed by atoms with Crippen LogP contribution in [0.4, 0.5) is 0 Å². The zero-order chi connectivity index (χ0) is 5.28. The van der Waals surface area contributed by atoms with Gasteiger partial charge in [0, 0.05) is 0 Å². The van der Waals surface area contributed by atoms with E-state index in [1.54, 1.807) is 0 Å². The van der Waals surface area contributed by atoms with Crippen molar-refractivity contribution in [3.8, 4) is 0 Å². The first kappa shape index (κ1) is 5.49. The fourth-order valence-corrected chi connectivity index (χ4v) is 2.02. The molecular formula is C4H9O2P. The minimum Gasteiger partial charge on any atom is -0.386 e. The van der Waals surface area contributed by atoms with Crippen LogP contribution in [0.15, 0.2) is 0 Å². The molecule has 2 nitrogen and oxygen atoms in total. The van der Waals surface area contributed by atoms with Gasteiger partial charge in [0.2, 0.25) is 0 Å². The molecule has 42 valence electrons. The third-order valence-electron chi connectivity index (χ3n) is 1.19. The van der Waals surface area contributed by atoms with Crippen LogP contribution in [0.1, 0.15) is 12.8 Å². The molecule has 1 aliphatic rings. The van der Waals surface area contributed by atoms with Crippen LogP contribution in [-0.2, 0) is 0 Å². The van der Waals surface area contributed by atoms with Gasteiger partial charge >= 0.3 is 0 Å². The SMILES string of the molecule is OC1CCCP1O. The Hall–Kier alpha value is 0.350. The van der Waals surface area contributed by atoms with Gasteiger partial charge in [-0.25, -0.2) is 0 Å². The van der Waals surface area contributed by atoms with Crippen molar-refractivity contribution < 1.29 is 10.00 Å². The summed E-state index contributed by atoms with van der Waals surface area (Å²) in [5.41, 5.74) is 0. The van der Waals surface area contributed by atoms with E-state index in [-0.39, 0.29) is 5.85 Å². The maximum absolute atomic E-state index is 8.81. The van der Waals surface area contributed by atoms with E-state index >= 15 is 0 Å². The van der Waals surface area contributed by atoms with Crippen LogP contribution >= 0.6 is 8.15 Å². The minimum atomic E-state index is -0.971. The molecule has 0 amide bonds. The third kappa shape index (κ3) is 1.12. The highest BCUT2D eigenvalue weighted by molar-refractivity contribution is 7.52. The normalized spacial score (nSPS) is 42.0. The Labute approximate surface area is 44.0 Å². The third-order valence-corrected chi connectivity index (χ3v) is 2.91. The van der Waals surface area contributed by atoms with Crippen molar-refractivity contribution in [2.24, 2.45) is 0 Å². The maximum Gasteiger partial charge on any atom is 0.0975 e. The first-order chi connectivity index (χ1) is 3.30. The van der Waals surface area contributed by atoms with Crippen molar-refractivity contribution in [3.05, 3.63) is 0 Å². The molecule has 0 aromatic carbocycles. The summed E-state index contributed by atoms with van der Waals surface area (Å²) in [5, 5.41) is 8.78. The molecule has 0 aromatic heterocycles. The van der Waals surface area contributed by atoms with E-state index in [9.17, 15) is 0 Å². The molecule has 3 heteroatoms. The first-order valence-electron chi connectivity index (χ1n) is 2.44. The second-order valence-electron chi connectivity index (χ2n) is 1.79. The summed E-state index contributed by atoms with van der Waals surface area (Å²) in [4.78, 5) is 8.81. The summed E-state index contributed by atoms with van der Waals surface area (Å²) in [6, 6.07) is 0. The largest absolute Gasteiger partial charge is 0.386 e. The molecule has 2 N–H and O–H groups in total. The highest BCUT2D eigenvalue weighted by atomic mass is 31.1. The van der Waals surface area contributed by atoms with Gasteiger partial charge in [-0.05, 0) is 19.0 Å². The molecule has 7 heavy (non-hydrogen) atoms. The van der Waals surface area contributed by atoms with Gasteiger partial charge in [0.15, 0.2) is 0 Å². The molecule has 0 aromatic rings. The summed E-state index contributed by atoms with van der Waals surface area (Å²) in [7, 11) is -0.971. The molecular weight excluding hydrogens is 111 g/mol. The molecule has 2 atom stereocenters. The Morgan fingerprint density at radius 3 is 2.43 bits per heavy atom. The van der Waals surface area contributed by atoms with Crippen LogP contribution in [-0.4, -0.2) is 22.0 Å². The maximum atomic E-state index is 8.81. The average Bonchev–Trinajstić information content (AvgIpc) is 1.91. The highest BCUT2D eigenvalue weighted by Gasteiger charge is 2.21. The molecule has 1 aliphatic heterocycles. The van der Waals surface area contributed by atoms with Crippen molar-refractivity contribution in [1.29, 1.82) is 0 Å². The summed E-state index contributed by atoms with van der Waals surface area (Å²) in [5.74, 6) is -0.366. The standard InChI is InChI=1S/C4H9O2P/c5-4-2-1-3-7(4)6/h4-6H,1-3H2. The Morgan fingerprint density at radius 1 is 1.57 bits per heavy atom. The number of hydrogen-bond acceptors (Lipinski definition) is 2. The monoisotopic (exact) mass is 120 g/mol. The lowest BCUT2D eigenvalue weighted by Gasteiger charge is -2.03. The summed E-state index contributed by atoms with van der Waals surface area (Å²) >= 11 is 0. The van der Waals surface area contributed by atoms with Crippen molar-refractivity contribution in [2.75, 3.05) is 6.16 Å². The second kappa shape index (κ2) is 2.08. The van der Waals surface area contributed by atoms with Gasteiger partial charge in [-0.15, -0.1) is 0 Å². The van der Waals surface area contributed by atoms with E-state index in [4.69, 9.17) is 10.00 Å². The molecule has 1 saturated heterocycles. The lowest BCUT2D eigenvalue weighted by Crippen LogP contribution is -1.93. The Kier molecular flexibility index (Phi) is 1.63. The predicted octanol–water partition coefficient (Wildman–Crippen LogP) is 0.488. The summed E-state index contributed by atoms with van der Waals surface area (Å²) in [6.07, 6.45) is 2.65. The van der Waals surface area contributed by atoms with Crippen molar-refractivity contribution in [3.63, 3.8) is 0 Å². The molecule has 1 fully saturated rings. The van der Waals surface area contributed by atoms with E-state index in [2.05, 4.69) is 0 Å². The zero-order valence-corrected chi connectivity index (χ0v) is 4.93. The highest BCUT2D eigenvalue weighted by Crippen LogP contribution is 2.44. The number of rotatable bonds is 0. The fraction of sp³-hybridized carbons (Fsp3) is 1.00. The number of aliphatic hydroxyl groups excluding tert-OH is 1. The Bertz CT molecular complexity index is 58.7. The van der Waals surface area contributed by atoms with Crippen LogP contribution in [0.3, 0.4) is 0 Å². The molecule has 0 saturated carbocycles. The average molecular weight is 120 g/mol. The van der Waals surface area contributed by atoms with E-state index in [1.165, 1.54) is 0 Å². The van der Waals surface area contributed by atoms with Crippen LogP contribution in [0.25, 0.3) is 0 Å². The van der Waals surface area contributed by atoms with Gasteiger partial charge < -0.3 is 10.00 Å². The Morgan fingerprint density at radius 2 is 2.29 bits per heavy atom. The molecule has 2 unspecified atom stereocenters. The quantitative estimate of drug-likeness (QED) is 0.456. The van der Waals surface area contributed by atoms with E-state index in [0.717, 1.165) is 19.0 Å². The smallest absolute Gasteiger partial charge is 0.0975 e. The van der Waals surface area contributed by atoms with Crippen LogP contribution < -0.4 is 0 Å². The molecule has 1 rings (SSSR count). The van der Waals surface area contributed by atoms with Crippen molar-refractivity contribution in [2.45, 2.75) is 18.7 Å². The lowest BCUT2D eigenvalue weighted by atomic mass is 10.4. The molecule has 0 spiro atoms. The molecule has 0 bridgehead atoms. The lowest BCUT2D eigenvalue weighted by molar-refractivity contribution is 0.246. The molecule has 0 radical (unpaired) electrons. The second-order valence-corrected chi connectivity index (χ2v) is 3.71. The van der Waals surface area contributed by atoms with Gasteiger partial charge in [0.1, 0.15) is 0 Å². The summed E-state index contributed by atoms with van der Waals surface area (Å²) in [6.45, 7) is 0. The zero-order valence-electron chi connectivity index (χ0n) is 4.04. The van der Waals surface area contributed by atoms with E-state index in [1.807, 2.05) is 0 Å². The Balaban J connectivity index is 2.33. The number of aliphatic hydroxyl groups is 1. The van der Waals surface area contributed by atoms with Gasteiger partial charge in [0.05, 0.1) is 14.0 Å². The van der Waals surface area contributed by atoms with Crippen molar-refractivity contribution >= 4 is 8.15 Å². The van der Waals surface area contributed by atoms with Crippen LogP contribution in [0.2, 0.25) is 0 Å². The fourth-order valence-electron chi connectivity index (χ4n) is 0.734. The van der Waals surface area contributed by atoms with Gasteiger partial charge in [-0.1, -0.05) is 0 Å². The molecule has 1 heterocycles. The van der Waals surface area contributed by atoms with E-state index in [0.29, 0.717) is 0 Å². The van der Waals surface area contributed by atoms with Gasteiger partial charge in [-0.2, -0.15) is 0 Å². The van der Waals surface area contributed by atoms with Crippen LogP contribution in [0, 0.1) is 0 Å². The molecule has 0 aliphatic carbocycles. The van der Waals surface area contributed by atoms with Gasteiger partial charge in [-0.3, -0.25) is 0 Å². The predicted molar refractivity (Wildman–Crippen MR) is 29.2 cm³/mol.